The lowest BCUT2D eigenvalue weighted by molar-refractivity contribution is -0.192. The van der Waals surface area contributed by atoms with E-state index in [1.165, 1.54) is 0 Å². The van der Waals surface area contributed by atoms with Crippen LogP contribution >= 0.6 is 0 Å². The molecule has 1 N–H and O–H groups in total. The van der Waals surface area contributed by atoms with Gasteiger partial charge in [0.25, 0.3) is 0 Å². The maximum Gasteiger partial charge on any atom is 0.159 e. The Morgan fingerprint density at radius 1 is 1.08 bits per heavy atom. The Morgan fingerprint density at radius 2 is 1.83 bits per heavy atom. The molecule has 5 nitrogen and oxygen atoms in total. The second-order valence-electron chi connectivity index (χ2n) is 10.8. The van der Waals surface area contributed by atoms with Gasteiger partial charge in [0.1, 0.15) is 11.9 Å². The number of hydrogen-bond acceptors (Lipinski definition) is 5. The number of aliphatic hydroxyl groups is 1. The molecular formula is C30H43FO5. The first-order chi connectivity index (χ1) is 17.6. The Labute approximate surface area is 216 Å². The molecule has 0 aromatic rings. The van der Waals surface area contributed by atoms with E-state index < -0.39 is 6.61 Å². The molecule has 0 radical (unpaired) electrons. The fraction of sp³-hybridized carbons (Fsp3) is 0.800. The minimum atomic E-state index is -0.519. The van der Waals surface area contributed by atoms with Gasteiger partial charge in [0.2, 0.25) is 0 Å². The first kappa shape index (κ1) is 27.6. The van der Waals surface area contributed by atoms with E-state index >= 15 is 0 Å². The third-order valence-corrected chi connectivity index (χ3v) is 8.05. The molecule has 2 heterocycles. The van der Waals surface area contributed by atoms with Crippen molar-refractivity contribution in [1.29, 1.82) is 0 Å². The summed E-state index contributed by atoms with van der Waals surface area (Å²) in [4.78, 5) is 0. The van der Waals surface area contributed by atoms with E-state index in [2.05, 4.69) is 37.5 Å². The van der Waals surface area contributed by atoms with Crippen molar-refractivity contribution < 1.29 is 28.4 Å². The highest BCUT2D eigenvalue weighted by Crippen LogP contribution is 2.52. The zero-order valence-corrected chi connectivity index (χ0v) is 22.0. The molecule has 0 amide bonds. The van der Waals surface area contributed by atoms with E-state index in [9.17, 15) is 9.50 Å². The number of fused-ring (bicyclic) bond motifs is 1. The largest absolute Gasteiger partial charge is 0.389 e. The van der Waals surface area contributed by atoms with Gasteiger partial charge in [0.05, 0.1) is 18.6 Å². The van der Waals surface area contributed by atoms with Gasteiger partial charge in [-0.25, -0.2) is 4.39 Å². The van der Waals surface area contributed by atoms with Crippen LogP contribution in [0, 0.1) is 47.4 Å². The molecule has 2 aliphatic carbocycles. The normalized spacial score (nSPS) is 35.1. The van der Waals surface area contributed by atoms with Crippen LogP contribution in [-0.4, -0.2) is 49.7 Å². The zero-order chi connectivity index (χ0) is 25.3. The van der Waals surface area contributed by atoms with Crippen LogP contribution < -0.4 is 0 Å². The van der Waals surface area contributed by atoms with E-state index in [1.807, 2.05) is 0 Å². The first-order valence-corrected chi connectivity index (χ1v) is 14.1. The number of rotatable bonds is 7. The average molecular weight is 503 g/mol. The van der Waals surface area contributed by atoms with Crippen molar-refractivity contribution in [2.24, 2.45) is 23.7 Å². The van der Waals surface area contributed by atoms with E-state index in [0.717, 1.165) is 76.6 Å². The fourth-order valence-corrected chi connectivity index (χ4v) is 6.02. The molecule has 36 heavy (non-hydrogen) atoms. The summed E-state index contributed by atoms with van der Waals surface area (Å²) in [6, 6.07) is 0. The van der Waals surface area contributed by atoms with Gasteiger partial charge in [-0.15, -0.1) is 11.8 Å². The molecule has 0 aromatic carbocycles. The van der Waals surface area contributed by atoms with Crippen LogP contribution in [0.4, 0.5) is 4.39 Å². The summed E-state index contributed by atoms with van der Waals surface area (Å²) >= 11 is 0. The third kappa shape index (κ3) is 7.33. The zero-order valence-electron chi connectivity index (χ0n) is 22.0. The molecule has 2 saturated carbocycles. The summed E-state index contributed by atoms with van der Waals surface area (Å²) in [5.74, 6) is 13.7. The molecule has 4 rings (SSSR count). The van der Waals surface area contributed by atoms with Gasteiger partial charge >= 0.3 is 0 Å². The number of aliphatic hydroxyl groups excluding tert-OH is 1. The van der Waals surface area contributed by atoms with E-state index in [1.54, 1.807) is 0 Å². The van der Waals surface area contributed by atoms with Gasteiger partial charge in [-0.05, 0) is 75.2 Å². The van der Waals surface area contributed by atoms with Gasteiger partial charge in [-0.3, -0.25) is 0 Å². The highest BCUT2D eigenvalue weighted by Gasteiger charge is 2.48. The number of allylic oxidation sites excluding steroid dienone is 1. The molecule has 8 atom stereocenters. The number of halogens is 1. The Balaban J connectivity index is 1.53. The second kappa shape index (κ2) is 13.9. The average Bonchev–Trinajstić information content (AvgIpc) is 3.45. The molecule has 0 spiro atoms. The van der Waals surface area contributed by atoms with Crippen molar-refractivity contribution in [3.8, 4) is 23.7 Å². The molecule has 4 aliphatic rings. The van der Waals surface area contributed by atoms with Gasteiger partial charge in [0, 0.05) is 32.0 Å². The van der Waals surface area contributed by atoms with Gasteiger partial charge in [-0.1, -0.05) is 25.7 Å². The summed E-state index contributed by atoms with van der Waals surface area (Å²) in [6.07, 6.45) is 9.17. The Kier molecular flexibility index (Phi) is 10.7. The standard InChI is InChI=1S/C30H43FO5/c1-3-4-5-10-21(2)27(35-29-11-6-8-15-33-29)14-13-24-25-18-23(26(31)20-32)17-22(25)19-28(24)36-30-12-7-9-16-34-30/h21-22,24-25,27-30,32H,3,6-12,15-20H2,1-2H3/b26-23+/t21?,22-,24+,25-,27+,28+,29?,30?/m0/s1. The fourth-order valence-electron chi connectivity index (χ4n) is 6.02. The van der Waals surface area contributed by atoms with Crippen molar-refractivity contribution in [3.05, 3.63) is 11.4 Å². The minimum absolute atomic E-state index is 0.0168. The molecule has 200 valence electrons. The molecule has 2 aliphatic heterocycles. The highest BCUT2D eigenvalue weighted by molar-refractivity contribution is 5.24. The van der Waals surface area contributed by atoms with Crippen LogP contribution in [0.2, 0.25) is 0 Å². The Hall–Kier alpha value is -1.41. The van der Waals surface area contributed by atoms with Crippen LogP contribution in [0.15, 0.2) is 11.4 Å². The minimum Gasteiger partial charge on any atom is -0.389 e. The third-order valence-electron chi connectivity index (χ3n) is 8.05. The lowest BCUT2D eigenvalue weighted by atomic mass is 9.90. The first-order valence-electron chi connectivity index (χ1n) is 14.1. The van der Waals surface area contributed by atoms with Crippen LogP contribution in [0.5, 0.6) is 0 Å². The van der Waals surface area contributed by atoms with Crippen molar-refractivity contribution in [3.63, 3.8) is 0 Å². The lowest BCUT2D eigenvalue weighted by Gasteiger charge is -2.29. The van der Waals surface area contributed by atoms with Gasteiger partial charge in [-0.2, -0.15) is 0 Å². The smallest absolute Gasteiger partial charge is 0.159 e. The summed E-state index contributed by atoms with van der Waals surface area (Å²) in [6.45, 7) is 5.14. The molecule has 0 aromatic heterocycles. The van der Waals surface area contributed by atoms with Gasteiger partial charge < -0.3 is 24.1 Å². The predicted molar refractivity (Wildman–Crippen MR) is 136 cm³/mol. The highest BCUT2D eigenvalue weighted by atomic mass is 19.1. The van der Waals surface area contributed by atoms with Crippen LogP contribution in [0.1, 0.15) is 84.5 Å². The van der Waals surface area contributed by atoms with Crippen LogP contribution in [-0.2, 0) is 18.9 Å². The van der Waals surface area contributed by atoms with E-state index in [4.69, 9.17) is 18.9 Å². The summed E-state index contributed by atoms with van der Waals surface area (Å²) in [7, 11) is 0. The topological polar surface area (TPSA) is 57.2 Å². The number of hydrogen-bond donors (Lipinski definition) is 1. The monoisotopic (exact) mass is 502 g/mol. The van der Waals surface area contributed by atoms with E-state index in [0.29, 0.717) is 18.8 Å². The van der Waals surface area contributed by atoms with Crippen molar-refractivity contribution >= 4 is 0 Å². The van der Waals surface area contributed by atoms with Crippen molar-refractivity contribution in [2.75, 3.05) is 19.8 Å². The molecular weight excluding hydrogens is 459 g/mol. The van der Waals surface area contributed by atoms with Crippen LogP contribution in [0.25, 0.3) is 0 Å². The molecule has 3 unspecified atom stereocenters. The number of ether oxygens (including phenoxy) is 4. The molecule has 4 fully saturated rings. The van der Waals surface area contributed by atoms with Crippen molar-refractivity contribution in [1.82, 2.24) is 0 Å². The quantitative estimate of drug-likeness (QED) is 0.465. The molecule has 2 saturated heterocycles. The Morgan fingerprint density at radius 3 is 2.50 bits per heavy atom. The van der Waals surface area contributed by atoms with E-state index in [-0.39, 0.29) is 48.4 Å². The van der Waals surface area contributed by atoms with Gasteiger partial charge in [0.15, 0.2) is 12.6 Å². The summed E-state index contributed by atoms with van der Waals surface area (Å²) in [5.41, 5.74) is 0.748. The summed E-state index contributed by atoms with van der Waals surface area (Å²) in [5, 5.41) is 9.33. The Bertz CT molecular complexity index is 852. The second-order valence-corrected chi connectivity index (χ2v) is 10.8. The maximum atomic E-state index is 14.3. The van der Waals surface area contributed by atoms with Crippen molar-refractivity contribution in [2.45, 2.75) is 109 Å². The lowest BCUT2D eigenvalue weighted by Crippen LogP contribution is -2.32. The SMILES string of the molecule is CCC#CCC(C)[C@@H](C#C[C@@H]1[C@H]2C/C(=C(/F)CO)C[C@H]2C[C@H]1OC1CCCCO1)OC1CCCCO1. The predicted octanol–water partition coefficient (Wildman–Crippen LogP) is 5.52. The molecule has 6 heteroatoms. The summed E-state index contributed by atoms with van der Waals surface area (Å²) < 4.78 is 38.9. The van der Waals surface area contributed by atoms with Crippen LogP contribution in [0.3, 0.4) is 0 Å². The molecule has 0 bridgehead atoms. The maximum absolute atomic E-state index is 14.3.